The molecule has 4 rings (SSSR count). The lowest BCUT2D eigenvalue weighted by Crippen LogP contribution is -2.16. The summed E-state index contributed by atoms with van der Waals surface area (Å²) in [6, 6.07) is 9.87. The molecule has 0 aliphatic carbocycles. The van der Waals surface area contributed by atoms with Crippen molar-refractivity contribution in [1.82, 2.24) is 20.2 Å². The standard InChI is InChI=1S/C20H16ClF2N5O2/c1-10(29)9-24-18-16-17(12-4-2-3-5-13(12)21)27-28-19(16)26-20(25-18)30-15-7-6-11(22)8-14(15)23/h2-8,10,29H,9H2,1H3,(H2,24,25,26,27,28). The van der Waals surface area contributed by atoms with Crippen molar-refractivity contribution in [3.05, 3.63) is 59.1 Å². The van der Waals surface area contributed by atoms with Crippen molar-refractivity contribution in [2.24, 2.45) is 0 Å². The molecule has 0 fully saturated rings. The van der Waals surface area contributed by atoms with Crippen LogP contribution in [0.5, 0.6) is 11.8 Å². The van der Waals surface area contributed by atoms with Crippen LogP contribution in [0.3, 0.4) is 0 Å². The number of nitrogens with zero attached hydrogens (tertiary/aromatic N) is 3. The van der Waals surface area contributed by atoms with E-state index in [-0.39, 0.29) is 18.3 Å². The van der Waals surface area contributed by atoms with Gasteiger partial charge >= 0.3 is 6.01 Å². The van der Waals surface area contributed by atoms with Gasteiger partial charge in [0.2, 0.25) is 0 Å². The Bertz CT molecular complexity index is 1220. The number of aromatic amines is 1. The van der Waals surface area contributed by atoms with Crippen LogP contribution in [-0.2, 0) is 0 Å². The van der Waals surface area contributed by atoms with E-state index in [2.05, 4.69) is 25.5 Å². The molecule has 10 heteroatoms. The van der Waals surface area contributed by atoms with E-state index < -0.39 is 17.7 Å². The Balaban J connectivity index is 1.82. The molecule has 7 nitrogen and oxygen atoms in total. The third-order valence-corrected chi connectivity index (χ3v) is 4.52. The minimum Gasteiger partial charge on any atom is -0.421 e. The number of anilines is 1. The van der Waals surface area contributed by atoms with Crippen molar-refractivity contribution in [2.45, 2.75) is 13.0 Å². The van der Waals surface area contributed by atoms with Gasteiger partial charge in [0.05, 0.1) is 16.5 Å². The second-order valence-electron chi connectivity index (χ2n) is 6.54. The van der Waals surface area contributed by atoms with Crippen LogP contribution in [0.25, 0.3) is 22.3 Å². The molecule has 0 radical (unpaired) electrons. The van der Waals surface area contributed by atoms with Gasteiger partial charge in [-0.05, 0) is 25.1 Å². The zero-order valence-electron chi connectivity index (χ0n) is 15.7. The highest BCUT2D eigenvalue weighted by Gasteiger charge is 2.20. The van der Waals surface area contributed by atoms with Crippen LogP contribution in [-0.4, -0.2) is 37.9 Å². The van der Waals surface area contributed by atoms with Gasteiger partial charge in [0.25, 0.3) is 0 Å². The van der Waals surface area contributed by atoms with Crippen LogP contribution in [0.1, 0.15) is 6.92 Å². The van der Waals surface area contributed by atoms with E-state index in [4.69, 9.17) is 16.3 Å². The first-order chi connectivity index (χ1) is 14.4. The molecule has 1 unspecified atom stereocenters. The van der Waals surface area contributed by atoms with E-state index in [9.17, 15) is 13.9 Å². The molecule has 30 heavy (non-hydrogen) atoms. The molecule has 2 aromatic heterocycles. The van der Waals surface area contributed by atoms with Crippen LogP contribution in [0.15, 0.2) is 42.5 Å². The predicted octanol–water partition coefficient (Wildman–Crippen LogP) is 4.54. The Morgan fingerprint density at radius 1 is 1.20 bits per heavy atom. The first-order valence-electron chi connectivity index (χ1n) is 8.98. The summed E-state index contributed by atoms with van der Waals surface area (Å²) in [5, 5.41) is 20.8. The fourth-order valence-electron chi connectivity index (χ4n) is 2.83. The largest absolute Gasteiger partial charge is 0.421 e. The SMILES string of the molecule is CC(O)CNc1nc(Oc2ccc(F)cc2F)nc2[nH]nc(-c3ccccc3Cl)c12. The Kier molecular flexibility index (Phi) is 5.47. The average Bonchev–Trinajstić information content (AvgIpc) is 3.12. The third kappa shape index (κ3) is 4.03. The quantitative estimate of drug-likeness (QED) is 0.415. The summed E-state index contributed by atoms with van der Waals surface area (Å²) >= 11 is 6.31. The summed E-state index contributed by atoms with van der Waals surface area (Å²) in [4.78, 5) is 8.54. The number of fused-ring (bicyclic) bond motifs is 1. The van der Waals surface area contributed by atoms with Crippen molar-refractivity contribution in [2.75, 3.05) is 11.9 Å². The van der Waals surface area contributed by atoms with Gasteiger partial charge in [-0.2, -0.15) is 15.1 Å². The molecule has 154 valence electrons. The zero-order valence-corrected chi connectivity index (χ0v) is 16.4. The van der Waals surface area contributed by atoms with Gasteiger partial charge in [-0.1, -0.05) is 29.8 Å². The fourth-order valence-corrected chi connectivity index (χ4v) is 3.06. The molecule has 0 spiro atoms. The van der Waals surface area contributed by atoms with Crippen LogP contribution in [0.2, 0.25) is 5.02 Å². The molecule has 4 aromatic rings. The summed E-state index contributed by atoms with van der Waals surface area (Å²) in [6.07, 6.45) is -0.662. The van der Waals surface area contributed by atoms with E-state index in [0.717, 1.165) is 12.1 Å². The number of H-pyrrole nitrogens is 1. The minimum absolute atomic E-state index is 0.184. The predicted molar refractivity (Wildman–Crippen MR) is 109 cm³/mol. The molecule has 0 aliphatic rings. The molecule has 0 saturated heterocycles. The summed E-state index contributed by atoms with van der Waals surface area (Å²) in [6.45, 7) is 1.80. The smallest absolute Gasteiger partial charge is 0.326 e. The molecule has 0 aliphatic heterocycles. The van der Waals surface area contributed by atoms with Gasteiger partial charge < -0.3 is 15.2 Å². The first kappa shape index (κ1) is 20.0. The lowest BCUT2D eigenvalue weighted by atomic mass is 10.1. The maximum atomic E-state index is 14.0. The molecule has 0 amide bonds. The number of aliphatic hydroxyl groups is 1. The zero-order chi connectivity index (χ0) is 21.3. The Hall–Kier alpha value is -3.30. The van der Waals surface area contributed by atoms with Crippen LogP contribution < -0.4 is 10.1 Å². The Morgan fingerprint density at radius 2 is 2.00 bits per heavy atom. The minimum atomic E-state index is -0.890. The fraction of sp³-hybridized carbons (Fsp3) is 0.150. The molecule has 0 saturated carbocycles. The third-order valence-electron chi connectivity index (χ3n) is 4.19. The lowest BCUT2D eigenvalue weighted by Gasteiger charge is -2.12. The summed E-state index contributed by atoms with van der Waals surface area (Å²) < 4.78 is 32.5. The molecular formula is C20H16ClF2N5O2. The number of hydrogen-bond acceptors (Lipinski definition) is 6. The summed E-state index contributed by atoms with van der Waals surface area (Å²) in [5.41, 5.74) is 1.47. The Morgan fingerprint density at radius 3 is 2.73 bits per heavy atom. The number of halogens is 3. The highest BCUT2D eigenvalue weighted by molar-refractivity contribution is 6.33. The maximum absolute atomic E-state index is 14.0. The van der Waals surface area contributed by atoms with Crippen molar-refractivity contribution in [3.63, 3.8) is 0 Å². The number of aliphatic hydroxyl groups excluding tert-OH is 1. The monoisotopic (exact) mass is 431 g/mol. The lowest BCUT2D eigenvalue weighted by molar-refractivity contribution is 0.208. The summed E-state index contributed by atoms with van der Waals surface area (Å²) in [7, 11) is 0. The van der Waals surface area contributed by atoms with Crippen LogP contribution in [0.4, 0.5) is 14.6 Å². The molecule has 2 heterocycles. The van der Waals surface area contributed by atoms with E-state index >= 15 is 0 Å². The first-order valence-corrected chi connectivity index (χ1v) is 9.36. The van der Waals surface area contributed by atoms with Crippen molar-refractivity contribution < 1.29 is 18.6 Å². The number of hydrogen-bond donors (Lipinski definition) is 3. The molecule has 1 atom stereocenters. The number of aromatic nitrogens is 4. The van der Waals surface area contributed by atoms with E-state index in [0.29, 0.717) is 39.2 Å². The topological polar surface area (TPSA) is 96.0 Å². The summed E-state index contributed by atoms with van der Waals surface area (Å²) in [5.74, 6) is -1.54. The van der Waals surface area contributed by atoms with Crippen LogP contribution in [0, 0.1) is 11.6 Å². The Labute approximate surface area is 174 Å². The number of benzene rings is 2. The average molecular weight is 432 g/mol. The molecular weight excluding hydrogens is 416 g/mol. The maximum Gasteiger partial charge on any atom is 0.326 e. The number of nitrogens with one attached hydrogen (secondary N) is 2. The van der Waals surface area contributed by atoms with Crippen LogP contribution >= 0.6 is 11.6 Å². The highest BCUT2D eigenvalue weighted by atomic mass is 35.5. The van der Waals surface area contributed by atoms with E-state index in [1.165, 1.54) is 0 Å². The number of ether oxygens (including phenoxy) is 1. The van der Waals surface area contributed by atoms with Gasteiger partial charge in [-0.15, -0.1) is 0 Å². The van der Waals surface area contributed by atoms with Gasteiger partial charge in [0.15, 0.2) is 17.2 Å². The molecule has 2 aromatic carbocycles. The normalized spacial score (nSPS) is 12.2. The van der Waals surface area contributed by atoms with Gasteiger partial charge in [0, 0.05) is 18.2 Å². The second-order valence-corrected chi connectivity index (χ2v) is 6.94. The van der Waals surface area contributed by atoms with Gasteiger partial charge in [-0.25, -0.2) is 8.78 Å². The van der Waals surface area contributed by atoms with Gasteiger partial charge in [-0.3, -0.25) is 5.10 Å². The van der Waals surface area contributed by atoms with Crippen molar-refractivity contribution in [3.8, 4) is 23.0 Å². The van der Waals surface area contributed by atoms with Crippen molar-refractivity contribution >= 4 is 28.5 Å². The van der Waals surface area contributed by atoms with Crippen molar-refractivity contribution in [1.29, 1.82) is 0 Å². The molecule has 3 N–H and O–H groups in total. The van der Waals surface area contributed by atoms with E-state index in [1.807, 2.05) is 6.07 Å². The van der Waals surface area contributed by atoms with Gasteiger partial charge in [0.1, 0.15) is 17.3 Å². The van der Waals surface area contributed by atoms with E-state index in [1.54, 1.807) is 25.1 Å². The molecule has 0 bridgehead atoms. The second kappa shape index (κ2) is 8.21. The number of rotatable bonds is 6. The highest BCUT2D eigenvalue weighted by Crippen LogP contribution is 2.35.